The molecule has 0 atom stereocenters. The molecule has 29 heavy (non-hydrogen) atoms. The van der Waals surface area contributed by atoms with Crippen LogP contribution in [0.5, 0.6) is 11.6 Å². The van der Waals surface area contributed by atoms with E-state index in [-0.39, 0.29) is 0 Å². The number of carbonyl (C=O) groups excluding carboxylic acids is 1. The van der Waals surface area contributed by atoms with Gasteiger partial charge in [-0.05, 0) is 30.3 Å². The number of alkyl halides is 3. The third kappa shape index (κ3) is 5.22. The van der Waals surface area contributed by atoms with Gasteiger partial charge in [-0.15, -0.1) is 10.2 Å². The molecule has 0 aliphatic rings. The third-order valence-electron chi connectivity index (χ3n) is 3.86. The molecule has 6 nitrogen and oxygen atoms in total. The molecule has 0 fully saturated rings. The molecule has 2 aromatic carbocycles. The first-order chi connectivity index (χ1) is 13.9. The number of ether oxygens (including phenoxy) is 2. The van der Waals surface area contributed by atoms with Crippen molar-refractivity contribution >= 4 is 11.6 Å². The van der Waals surface area contributed by atoms with Crippen molar-refractivity contribution in [2.24, 2.45) is 0 Å². The number of para-hydroxylation sites is 1. The summed E-state index contributed by atoms with van der Waals surface area (Å²) in [6.07, 6.45) is -4.56. The minimum Gasteiger partial charge on any atom is -0.483 e. The van der Waals surface area contributed by atoms with E-state index in [9.17, 15) is 18.0 Å². The number of methoxy groups -OCH3 is 1. The molecular formula is C20H16F3N3O3. The summed E-state index contributed by atoms with van der Waals surface area (Å²) < 4.78 is 48.8. The van der Waals surface area contributed by atoms with Crippen molar-refractivity contribution in [1.82, 2.24) is 10.2 Å². The van der Waals surface area contributed by atoms with Gasteiger partial charge >= 0.3 is 6.18 Å². The van der Waals surface area contributed by atoms with Gasteiger partial charge in [-0.1, -0.05) is 24.3 Å². The molecule has 150 valence electrons. The summed E-state index contributed by atoms with van der Waals surface area (Å²) in [7, 11) is 1.49. The molecule has 0 aliphatic heterocycles. The Hall–Kier alpha value is -3.62. The Bertz CT molecular complexity index is 975. The molecule has 0 saturated heterocycles. The highest BCUT2D eigenvalue weighted by molar-refractivity contribution is 5.92. The number of halogens is 3. The number of amides is 1. The van der Waals surface area contributed by atoms with E-state index in [1.165, 1.54) is 25.3 Å². The lowest BCUT2D eigenvalue weighted by molar-refractivity contribution is -0.139. The highest BCUT2D eigenvalue weighted by atomic mass is 19.4. The van der Waals surface area contributed by atoms with Crippen molar-refractivity contribution in [2.75, 3.05) is 19.0 Å². The molecule has 1 heterocycles. The predicted octanol–water partition coefficient (Wildman–Crippen LogP) is 4.19. The van der Waals surface area contributed by atoms with Gasteiger partial charge in [0.1, 0.15) is 5.75 Å². The van der Waals surface area contributed by atoms with Crippen LogP contribution in [0.1, 0.15) is 5.56 Å². The van der Waals surface area contributed by atoms with Crippen LogP contribution in [0.4, 0.5) is 18.9 Å². The Labute approximate surface area is 164 Å². The molecule has 3 aromatic rings. The van der Waals surface area contributed by atoms with Crippen molar-refractivity contribution < 1.29 is 27.4 Å². The van der Waals surface area contributed by atoms with E-state index in [0.29, 0.717) is 17.3 Å². The summed E-state index contributed by atoms with van der Waals surface area (Å²) in [5.41, 5.74) is 0.926. The number of hydrogen-bond acceptors (Lipinski definition) is 5. The first kappa shape index (κ1) is 20.1. The van der Waals surface area contributed by atoms with Crippen LogP contribution >= 0.6 is 0 Å². The molecule has 0 bridgehead atoms. The molecule has 0 saturated carbocycles. The number of carbonyl (C=O) groups is 1. The van der Waals surface area contributed by atoms with E-state index in [1.807, 2.05) is 0 Å². The second kappa shape index (κ2) is 8.59. The van der Waals surface area contributed by atoms with Crippen LogP contribution in [0.25, 0.3) is 11.3 Å². The van der Waals surface area contributed by atoms with Gasteiger partial charge in [-0.25, -0.2) is 0 Å². The number of anilines is 1. The fourth-order valence-electron chi connectivity index (χ4n) is 2.47. The van der Waals surface area contributed by atoms with Crippen LogP contribution in [0.15, 0.2) is 60.7 Å². The van der Waals surface area contributed by atoms with Crippen molar-refractivity contribution in [1.29, 1.82) is 0 Å². The summed E-state index contributed by atoms with van der Waals surface area (Å²) in [6.45, 7) is -0.557. The first-order valence-electron chi connectivity index (χ1n) is 8.44. The molecule has 1 amide bonds. The monoisotopic (exact) mass is 403 g/mol. The maximum absolute atomic E-state index is 12.9. The summed E-state index contributed by atoms with van der Waals surface area (Å²) in [4.78, 5) is 12.0. The van der Waals surface area contributed by atoms with Crippen LogP contribution in [0.3, 0.4) is 0 Å². The Kier molecular flexibility index (Phi) is 5.96. The zero-order valence-electron chi connectivity index (χ0n) is 15.2. The maximum Gasteiger partial charge on any atom is 0.419 e. The SMILES string of the molecule is COc1ccc(-c2ccc(NC(=O)COc3ccccc3C(F)(F)F)cc2)nn1. The van der Waals surface area contributed by atoms with E-state index in [0.717, 1.165) is 11.6 Å². The quantitative estimate of drug-likeness (QED) is 0.668. The Morgan fingerprint density at radius 3 is 2.34 bits per heavy atom. The van der Waals surface area contributed by atoms with Crippen LogP contribution in [-0.2, 0) is 11.0 Å². The summed E-state index contributed by atoms with van der Waals surface area (Å²) >= 11 is 0. The Balaban J connectivity index is 1.60. The highest BCUT2D eigenvalue weighted by Crippen LogP contribution is 2.35. The van der Waals surface area contributed by atoms with E-state index >= 15 is 0 Å². The average molecular weight is 403 g/mol. The van der Waals surface area contributed by atoms with Gasteiger partial charge in [0.2, 0.25) is 5.88 Å². The van der Waals surface area contributed by atoms with Crippen LogP contribution in [0, 0.1) is 0 Å². The second-order valence-electron chi connectivity index (χ2n) is 5.87. The second-order valence-corrected chi connectivity index (χ2v) is 5.87. The first-order valence-corrected chi connectivity index (χ1v) is 8.44. The number of benzene rings is 2. The Morgan fingerprint density at radius 1 is 1.00 bits per heavy atom. The van der Waals surface area contributed by atoms with Crippen molar-refractivity contribution in [3.05, 3.63) is 66.2 Å². The van der Waals surface area contributed by atoms with Crippen molar-refractivity contribution in [3.63, 3.8) is 0 Å². The smallest absolute Gasteiger partial charge is 0.419 e. The van der Waals surface area contributed by atoms with E-state index < -0.39 is 30.0 Å². The molecule has 0 aliphatic carbocycles. The van der Waals surface area contributed by atoms with Crippen LogP contribution in [0.2, 0.25) is 0 Å². The molecule has 9 heteroatoms. The number of rotatable bonds is 6. The van der Waals surface area contributed by atoms with Gasteiger partial charge in [0.15, 0.2) is 6.61 Å². The number of nitrogens with zero attached hydrogens (tertiary/aromatic N) is 2. The van der Waals surface area contributed by atoms with E-state index in [1.54, 1.807) is 36.4 Å². The third-order valence-corrected chi connectivity index (χ3v) is 3.86. The lowest BCUT2D eigenvalue weighted by Gasteiger charge is -2.13. The normalized spacial score (nSPS) is 11.0. The van der Waals surface area contributed by atoms with Gasteiger partial charge in [0, 0.05) is 17.3 Å². The van der Waals surface area contributed by atoms with Gasteiger partial charge in [0.25, 0.3) is 5.91 Å². The fraction of sp³-hybridized carbons (Fsp3) is 0.150. The minimum atomic E-state index is -4.56. The standard InChI is InChI=1S/C20H16F3N3O3/c1-28-19-11-10-16(25-26-19)13-6-8-14(9-7-13)24-18(27)12-29-17-5-3-2-4-15(17)20(21,22)23/h2-11H,12H2,1H3,(H,24,27). The van der Waals surface area contributed by atoms with E-state index in [4.69, 9.17) is 9.47 Å². The van der Waals surface area contributed by atoms with Gasteiger partial charge in [0.05, 0.1) is 18.4 Å². The van der Waals surface area contributed by atoms with Gasteiger partial charge in [-0.2, -0.15) is 13.2 Å². The zero-order valence-corrected chi connectivity index (χ0v) is 15.2. The van der Waals surface area contributed by atoms with Gasteiger partial charge < -0.3 is 14.8 Å². The molecule has 1 N–H and O–H groups in total. The molecule has 1 aromatic heterocycles. The fourth-order valence-corrected chi connectivity index (χ4v) is 2.47. The predicted molar refractivity (Wildman–Crippen MR) is 99.6 cm³/mol. The molecule has 0 radical (unpaired) electrons. The molecular weight excluding hydrogens is 387 g/mol. The zero-order chi connectivity index (χ0) is 20.9. The summed E-state index contributed by atoms with van der Waals surface area (Å²) in [5, 5.41) is 10.5. The Morgan fingerprint density at radius 2 is 1.72 bits per heavy atom. The van der Waals surface area contributed by atoms with Crippen molar-refractivity contribution in [3.8, 4) is 22.9 Å². The maximum atomic E-state index is 12.9. The number of nitrogens with one attached hydrogen (secondary N) is 1. The van der Waals surface area contributed by atoms with Crippen LogP contribution in [-0.4, -0.2) is 29.8 Å². The molecule has 0 unspecified atom stereocenters. The topological polar surface area (TPSA) is 73.3 Å². The molecule has 0 spiro atoms. The van der Waals surface area contributed by atoms with Crippen LogP contribution < -0.4 is 14.8 Å². The summed E-state index contributed by atoms with van der Waals surface area (Å²) in [5.74, 6) is -0.590. The summed E-state index contributed by atoms with van der Waals surface area (Å²) in [6, 6.07) is 14.9. The average Bonchev–Trinajstić information content (AvgIpc) is 2.72. The van der Waals surface area contributed by atoms with E-state index in [2.05, 4.69) is 15.5 Å². The molecule has 3 rings (SSSR count). The van der Waals surface area contributed by atoms with Crippen molar-refractivity contribution in [2.45, 2.75) is 6.18 Å². The largest absolute Gasteiger partial charge is 0.483 e. The number of hydrogen-bond donors (Lipinski definition) is 1. The van der Waals surface area contributed by atoms with Gasteiger partial charge in [-0.3, -0.25) is 4.79 Å². The minimum absolute atomic E-state index is 0.393. The number of aromatic nitrogens is 2. The lowest BCUT2D eigenvalue weighted by Crippen LogP contribution is -2.21. The highest BCUT2D eigenvalue weighted by Gasteiger charge is 2.34. The lowest BCUT2D eigenvalue weighted by atomic mass is 10.1.